The van der Waals surface area contributed by atoms with Gasteiger partial charge in [-0.2, -0.15) is 19.6 Å². The number of thiazole rings is 1. The van der Waals surface area contributed by atoms with Gasteiger partial charge in [-0.1, -0.05) is 47.2 Å². The molecule has 200 valence electrons. The highest BCUT2D eigenvalue weighted by Crippen LogP contribution is 2.31. The first-order valence-electron chi connectivity index (χ1n) is 11.0. The molecule has 0 bridgehead atoms. The van der Waals surface area contributed by atoms with Crippen molar-refractivity contribution in [3.63, 3.8) is 0 Å². The number of aromatic amines is 1. The molecule has 0 saturated heterocycles. The molecule has 10 nitrogen and oxygen atoms in total. The van der Waals surface area contributed by atoms with Gasteiger partial charge in [-0.15, -0.1) is 0 Å². The normalized spacial score (nSPS) is 12.4. The molecule has 3 aromatic rings. The van der Waals surface area contributed by atoms with Crippen LogP contribution in [0, 0.1) is 0 Å². The molecule has 14 heteroatoms. The number of phosphoric acid groups is 1. The van der Waals surface area contributed by atoms with Crippen LogP contribution in [0.25, 0.3) is 10.2 Å². The molecule has 1 aromatic heterocycles. The third-order valence-corrected chi connectivity index (χ3v) is 7.25. The fraction of sp³-hybridized carbons (Fsp3) is 0.409. The maximum Gasteiger partial charge on any atom is 0.305 e. The Morgan fingerprint density at radius 2 is 1.81 bits per heavy atom. The quantitative estimate of drug-likeness (QED) is 0.143. The molecule has 0 radical (unpaired) electrons. The fourth-order valence-electron chi connectivity index (χ4n) is 3.25. The second-order valence-electron chi connectivity index (χ2n) is 7.62. The summed E-state index contributed by atoms with van der Waals surface area (Å²) >= 11 is 9.04. The van der Waals surface area contributed by atoms with Gasteiger partial charge in [-0.05, 0) is 49.4 Å². The summed E-state index contributed by atoms with van der Waals surface area (Å²) in [6, 6.07) is 11.1. The summed E-state index contributed by atoms with van der Waals surface area (Å²) in [5.74, 6) is 2.07. The minimum atomic E-state index is -5.39. The summed E-state index contributed by atoms with van der Waals surface area (Å²) in [5, 5.41) is 27.9. The number of nitrogens with one attached hydrogen (secondary N) is 3. The van der Waals surface area contributed by atoms with Gasteiger partial charge in [0.05, 0.1) is 10.8 Å². The van der Waals surface area contributed by atoms with Crippen molar-refractivity contribution in [1.82, 2.24) is 15.6 Å². The topological polar surface area (TPSA) is 184 Å². The van der Waals surface area contributed by atoms with Crippen molar-refractivity contribution in [2.24, 2.45) is 0 Å². The van der Waals surface area contributed by atoms with Crippen molar-refractivity contribution >= 4 is 52.7 Å². The van der Waals surface area contributed by atoms with E-state index in [2.05, 4.69) is 21.7 Å². The lowest BCUT2D eigenvalue weighted by molar-refractivity contribution is -0.432. The van der Waals surface area contributed by atoms with E-state index in [-0.39, 0.29) is 10.6 Å². The van der Waals surface area contributed by atoms with Gasteiger partial charge in [-0.3, -0.25) is 4.79 Å². The van der Waals surface area contributed by atoms with E-state index in [1.165, 1.54) is 11.6 Å². The number of hydrogen-bond acceptors (Lipinski definition) is 11. The van der Waals surface area contributed by atoms with E-state index >= 15 is 0 Å². The van der Waals surface area contributed by atoms with Gasteiger partial charge in [0.2, 0.25) is 0 Å². The van der Waals surface area contributed by atoms with E-state index in [4.69, 9.17) is 30.8 Å². The number of rotatable bonds is 13. The van der Waals surface area contributed by atoms with Crippen LogP contribution >= 0.6 is 42.5 Å². The van der Waals surface area contributed by atoms with E-state index < -0.39 is 13.9 Å². The average molecular weight is 577 g/mol. The smallest absolute Gasteiger partial charge is 0.305 e. The molecule has 0 aliphatic heterocycles. The highest BCUT2D eigenvalue weighted by Gasteiger charge is 2.15. The zero-order valence-corrected chi connectivity index (χ0v) is 22.6. The molecular formula is C22H28ClN3O7PS2-3. The molecule has 0 unspecified atom stereocenters. The minimum Gasteiger partial charge on any atom is -0.822 e. The second-order valence-corrected chi connectivity index (χ2v) is 11.1. The van der Waals surface area contributed by atoms with Crippen molar-refractivity contribution in [2.75, 3.05) is 37.7 Å². The Morgan fingerprint density at radius 1 is 1.08 bits per heavy atom. The highest BCUT2D eigenvalue weighted by molar-refractivity contribution is 7.99. The van der Waals surface area contributed by atoms with E-state index in [1.807, 2.05) is 30.0 Å². The van der Waals surface area contributed by atoms with Crippen LogP contribution in [0.3, 0.4) is 0 Å². The maximum atomic E-state index is 11.6. The Balaban J connectivity index is 0.000000830. The summed E-state index contributed by atoms with van der Waals surface area (Å²) < 4.78 is 9.16. The van der Waals surface area contributed by atoms with Gasteiger partial charge in [0, 0.05) is 29.4 Å². The van der Waals surface area contributed by atoms with Crippen LogP contribution < -0.4 is 30.2 Å². The molecule has 0 aliphatic rings. The zero-order valence-electron chi connectivity index (χ0n) is 19.3. The number of phenols is 1. The van der Waals surface area contributed by atoms with Crippen LogP contribution in [-0.4, -0.2) is 52.9 Å². The van der Waals surface area contributed by atoms with Crippen LogP contribution in [0.1, 0.15) is 23.7 Å². The molecule has 0 fully saturated rings. The standard InChI is InChI=1S/C22H28ClN3O3S2.H3O4P/c23-17-5-2-1-4-15(17)8-10-24-9-3-12-30-13-11-25-14-19(28)16-6-7-18(27)20-21(16)31-22(29)26-20;1-5(2,3)4/h1-2,4-7,19,24-25,27-28H,3,8-14H2,(H,26,29);(H3,1,2,3,4)/p-3/t19-;/m0./s1. The van der Waals surface area contributed by atoms with Gasteiger partial charge in [0.15, 0.2) is 0 Å². The Morgan fingerprint density at radius 3 is 2.53 bits per heavy atom. The van der Waals surface area contributed by atoms with Crippen LogP contribution in [0.4, 0.5) is 0 Å². The number of aromatic nitrogens is 1. The largest absolute Gasteiger partial charge is 0.822 e. The van der Waals surface area contributed by atoms with Crippen molar-refractivity contribution in [3.05, 3.63) is 62.2 Å². The fourth-order valence-corrected chi connectivity index (χ4v) is 5.23. The molecule has 0 spiro atoms. The number of H-pyrrole nitrogens is 1. The molecule has 0 amide bonds. The van der Waals surface area contributed by atoms with E-state index in [1.54, 1.807) is 6.07 Å². The number of benzene rings is 2. The monoisotopic (exact) mass is 576 g/mol. The molecule has 0 saturated carbocycles. The Hall–Kier alpha value is -1.44. The van der Waals surface area contributed by atoms with Crippen LogP contribution in [0.5, 0.6) is 5.75 Å². The number of fused-ring (bicyclic) bond motifs is 1. The van der Waals surface area contributed by atoms with Crippen molar-refractivity contribution in [1.29, 1.82) is 0 Å². The predicted molar refractivity (Wildman–Crippen MR) is 140 cm³/mol. The third-order valence-electron chi connectivity index (χ3n) is 4.88. The molecule has 3 rings (SSSR count). The van der Waals surface area contributed by atoms with Crippen LogP contribution in [0.2, 0.25) is 5.02 Å². The number of hydrogen-bond donors (Lipinski definition) is 5. The number of phenolic OH excluding ortho intramolecular Hbond substituents is 1. The van der Waals surface area contributed by atoms with Gasteiger partial charge in [0.25, 0.3) is 0 Å². The molecule has 1 atom stereocenters. The maximum absolute atomic E-state index is 11.6. The van der Waals surface area contributed by atoms with E-state index in [0.717, 1.165) is 60.3 Å². The van der Waals surface area contributed by atoms with Gasteiger partial charge in [0.1, 0.15) is 11.3 Å². The summed E-state index contributed by atoms with van der Waals surface area (Å²) in [7, 11) is -5.39. The summed E-state index contributed by atoms with van der Waals surface area (Å²) in [6.07, 6.45) is 1.31. The summed E-state index contributed by atoms with van der Waals surface area (Å²) in [5.41, 5.74) is 2.22. The lowest BCUT2D eigenvalue weighted by atomic mass is 10.1. The lowest BCUT2D eigenvalue weighted by Crippen LogP contribution is -2.24. The zero-order chi connectivity index (χ0) is 26.6. The SMILES string of the molecule is O=P([O-])([O-])[O-].O=c1[nH]c2c(O)ccc([C@@H](O)CNCCSCCCNCCc3ccccc3Cl)c2s1. The molecular weight excluding hydrogens is 549 g/mol. The van der Waals surface area contributed by atoms with E-state index in [0.29, 0.717) is 22.3 Å². The number of aromatic hydroxyl groups is 1. The molecule has 0 aliphatic carbocycles. The van der Waals surface area contributed by atoms with Gasteiger partial charge in [-0.25, -0.2) is 0 Å². The predicted octanol–water partition coefficient (Wildman–Crippen LogP) is 0.703. The second kappa shape index (κ2) is 15.7. The number of aliphatic hydroxyl groups is 1. The Labute approximate surface area is 222 Å². The third kappa shape index (κ3) is 11.7. The first-order chi connectivity index (χ1) is 17.1. The molecule has 2 aromatic carbocycles. The van der Waals surface area contributed by atoms with E-state index in [9.17, 15) is 15.0 Å². The summed E-state index contributed by atoms with van der Waals surface area (Å²) in [6.45, 7) is 3.11. The molecule has 5 N–H and O–H groups in total. The first kappa shape index (κ1) is 30.8. The first-order valence-corrected chi connectivity index (χ1v) is 14.9. The number of thioether (sulfide) groups is 1. The van der Waals surface area contributed by atoms with Gasteiger partial charge < -0.3 is 45.1 Å². The Kier molecular flexibility index (Phi) is 13.4. The van der Waals surface area contributed by atoms with Crippen LogP contribution in [0.15, 0.2) is 41.2 Å². The summed E-state index contributed by atoms with van der Waals surface area (Å²) in [4.78, 5) is 39.6. The highest BCUT2D eigenvalue weighted by atomic mass is 35.5. The van der Waals surface area contributed by atoms with Crippen LogP contribution in [-0.2, 0) is 11.0 Å². The molecule has 1 heterocycles. The average Bonchev–Trinajstić information content (AvgIpc) is 3.20. The molecule has 36 heavy (non-hydrogen) atoms. The van der Waals surface area contributed by atoms with Crippen molar-refractivity contribution < 1.29 is 29.5 Å². The lowest BCUT2D eigenvalue weighted by Gasteiger charge is -2.36. The van der Waals surface area contributed by atoms with Crippen molar-refractivity contribution in [2.45, 2.75) is 18.9 Å². The number of halogens is 1. The Bertz CT molecular complexity index is 1180. The number of aliphatic hydroxyl groups excluding tert-OH is 1. The van der Waals surface area contributed by atoms with Gasteiger partial charge >= 0.3 is 4.87 Å². The van der Waals surface area contributed by atoms with Crippen molar-refractivity contribution in [3.8, 4) is 5.75 Å². The minimum absolute atomic E-state index is 0.0204.